The summed E-state index contributed by atoms with van der Waals surface area (Å²) < 4.78 is 14.8. The molecule has 146 valence electrons. The van der Waals surface area contributed by atoms with Crippen molar-refractivity contribution in [2.75, 3.05) is 0 Å². The van der Waals surface area contributed by atoms with Crippen LogP contribution in [0.2, 0.25) is 0 Å². The zero-order chi connectivity index (χ0) is 20.7. The number of rotatable bonds is 5. The Labute approximate surface area is 164 Å². The first-order valence-corrected chi connectivity index (χ1v) is 9.50. The van der Waals surface area contributed by atoms with Crippen molar-refractivity contribution in [2.45, 2.75) is 40.2 Å². The number of nitrogens with zero attached hydrogens (tertiary/aromatic N) is 2. The maximum absolute atomic E-state index is 13.5. The summed E-state index contributed by atoms with van der Waals surface area (Å²) in [4.78, 5) is 42.2. The van der Waals surface area contributed by atoms with Gasteiger partial charge in [0, 0.05) is 11.5 Å². The first-order chi connectivity index (χ1) is 13.1. The van der Waals surface area contributed by atoms with Crippen LogP contribution in [0, 0.1) is 19.7 Å². The number of carbonyl (C=O) groups is 2. The normalized spacial score (nSPS) is 11.4. The number of ketones is 1. The third kappa shape index (κ3) is 3.35. The smallest absolute Gasteiger partial charge is 0.346 e. The number of hydrogen-bond acceptors (Lipinski definition) is 5. The van der Waals surface area contributed by atoms with E-state index >= 15 is 0 Å². The number of halogens is 1. The Morgan fingerprint density at radius 1 is 1.29 bits per heavy atom. The van der Waals surface area contributed by atoms with Crippen LogP contribution in [0.15, 0.2) is 23.0 Å². The summed E-state index contributed by atoms with van der Waals surface area (Å²) in [7, 11) is 0. The summed E-state index contributed by atoms with van der Waals surface area (Å²) in [5.41, 5.74) is 0.547. The van der Waals surface area contributed by atoms with Gasteiger partial charge in [-0.1, -0.05) is 13.8 Å². The Hall–Kier alpha value is -2.87. The Morgan fingerprint density at radius 2 is 1.96 bits per heavy atom. The van der Waals surface area contributed by atoms with Gasteiger partial charge in [0.2, 0.25) is 0 Å². The summed E-state index contributed by atoms with van der Waals surface area (Å²) in [5.74, 6) is -1.62. The number of aromatic nitrogens is 2. The van der Waals surface area contributed by atoms with Crippen molar-refractivity contribution in [3.8, 4) is 0 Å². The maximum Gasteiger partial charge on any atom is 0.346 e. The van der Waals surface area contributed by atoms with Gasteiger partial charge in [-0.15, -0.1) is 11.3 Å². The van der Waals surface area contributed by atoms with E-state index in [4.69, 9.17) is 0 Å². The second-order valence-corrected chi connectivity index (χ2v) is 7.94. The number of Topliss-reactive ketones (excluding diaryl/α,β-unsaturated/α-hetero) is 1. The molecule has 0 spiro atoms. The van der Waals surface area contributed by atoms with Crippen molar-refractivity contribution < 1.29 is 19.1 Å². The molecule has 0 fully saturated rings. The fourth-order valence-electron chi connectivity index (χ4n) is 3.08. The summed E-state index contributed by atoms with van der Waals surface area (Å²) in [6.07, 6.45) is 0. The van der Waals surface area contributed by atoms with Crippen molar-refractivity contribution in [3.05, 3.63) is 61.8 Å². The van der Waals surface area contributed by atoms with Crippen LogP contribution in [0.4, 0.5) is 4.39 Å². The van der Waals surface area contributed by atoms with Crippen molar-refractivity contribution in [1.29, 1.82) is 0 Å². The lowest BCUT2D eigenvalue weighted by Gasteiger charge is -2.14. The molecule has 1 aromatic carbocycles. The lowest BCUT2D eigenvalue weighted by molar-refractivity contribution is 0.0701. The van der Waals surface area contributed by atoms with E-state index in [1.165, 1.54) is 22.8 Å². The molecule has 0 aliphatic rings. The fourth-order valence-corrected chi connectivity index (χ4v) is 4.10. The first-order valence-electron chi connectivity index (χ1n) is 8.68. The molecule has 8 heteroatoms. The van der Waals surface area contributed by atoms with E-state index in [1.807, 2.05) is 13.8 Å². The third-order valence-corrected chi connectivity index (χ3v) is 5.75. The molecule has 0 unspecified atom stereocenters. The van der Waals surface area contributed by atoms with Crippen LogP contribution in [0.3, 0.4) is 0 Å². The Bertz CT molecular complexity index is 1180. The van der Waals surface area contributed by atoms with Crippen LogP contribution in [0.25, 0.3) is 10.2 Å². The molecule has 0 bridgehead atoms. The highest BCUT2D eigenvalue weighted by Crippen LogP contribution is 2.28. The molecule has 0 saturated heterocycles. The van der Waals surface area contributed by atoms with Crippen LogP contribution in [0.5, 0.6) is 0 Å². The molecule has 6 nitrogen and oxygen atoms in total. The molecule has 3 aromatic rings. The van der Waals surface area contributed by atoms with E-state index in [1.54, 1.807) is 13.8 Å². The first kappa shape index (κ1) is 19.9. The number of benzene rings is 1. The minimum atomic E-state index is -1.12. The van der Waals surface area contributed by atoms with E-state index in [0.717, 1.165) is 11.3 Å². The third-order valence-electron chi connectivity index (χ3n) is 4.57. The van der Waals surface area contributed by atoms with E-state index in [2.05, 4.69) is 4.98 Å². The van der Waals surface area contributed by atoms with Crippen molar-refractivity contribution >= 4 is 33.3 Å². The summed E-state index contributed by atoms with van der Waals surface area (Å²) in [6.45, 7) is 6.56. The molecule has 1 N–H and O–H groups in total. The maximum atomic E-state index is 13.5. The van der Waals surface area contributed by atoms with Crippen LogP contribution in [0.1, 0.15) is 56.7 Å². The molecule has 0 amide bonds. The Kier molecular flexibility index (Phi) is 5.16. The highest BCUT2D eigenvalue weighted by atomic mass is 32.1. The second kappa shape index (κ2) is 7.27. The molecular formula is C20H19FN2O4S. The van der Waals surface area contributed by atoms with Crippen molar-refractivity contribution in [1.82, 2.24) is 9.55 Å². The number of carbonyl (C=O) groups excluding carboxylic acids is 1. The molecule has 0 aliphatic heterocycles. The zero-order valence-corrected chi connectivity index (χ0v) is 16.7. The predicted octanol–water partition coefficient (Wildman–Crippen LogP) is 3.92. The van der Waals surface area contributed by atoms with Crippen LogP contribution < -0.4 is 5.56 Å². The molecule has 28 heavy (non-hydrogen) atoms. The minimum Gasteiger partial charge on any atom is -0.477 e. The summed E-state index contributed by atoms with van der Waals surface area (Å²) in [5, 5.41) is 9.55. The molecule has 0 atom stereocenters. The van der Waals surface area contributed by atoms with Gasteiger partial charge in [0.1, 0.15) is 21.3 Å². The molecule has 2 heterocycles. The second-order valence-electron chi connectivity index (χ2n) is 6.94. The lowest BCUT2D eigenvalue weighted by Crippen LogP contribution is -2.29. The Morgan fingerprint density at radius 3 is 2.54 bits per heavy atom. The van der Waals surface area contributed by atoms with Crippen LogP contribution >= 0.6 is 11.3 Å². The SMILES string of the molecule is Cc1cc(C(=O)Cn2c(C(C)C)nc3sc(C(=O)O)c(C)c3c2=O)ccc1F. The average molecular weight is 402 g/mol. The minimum absolute atomic E-state index is 0.0625. The Balaban J connectivity index is 2.17. The average Bonchev–Trinajstić information content (AvgIpc) is 2.96. The molecule has 0 aliphatic carbocycles. The van der Waals surface area contributed by atoms with Gasteiger partial charge in [0.15, 0.2) is 5.78 Å². The van der Waals surface area contributed by atoms with E-state index < -0.39 is 17.3 Å². The lowest BCUT2D eigenvalue weighted by atomic mass is 10.1. The van der Waals surface area contributed by atoms with Crippen molar-refractivity contribution in [2.24, 2.45) is 0 Å². The van der Waals surface area contributed by atoms with Gasteiger partial charge < -0.3 is 5.11 Å². The highest BCUT2D eigenvalue weighted by molar-refractivity contribution is 7.20. The number of thiophene rings is 1. The van der Waals surface area contributed by atoms with Gasteiger partial charge >= 0.3 is 5.97 Å². The van der Waals surface area contributed by atoms with Gasteiger partial charge in [-0.2, -0.15) is 0 Å². The summed E-state index contributed by atoms with van der Waals surface area (Å²) in [6, 6.07) is 4.05. The van der Waals surface area contributed by atoms with Gasteiger partial charge in [-0.3, -0.25) is 14.2 Å². The molecule has 2 aromatic heterocycles. The number of fused-ring (bicyclic) bond motifs is 1. The number of aryl methyl sites for hydroxylation is 2. The monoisotopic (exact) mass is 402 g/mol. The van der Waals surface area contributed by atoms with Crippen LogP contribution in [-0.4, -0.2) is 26.4 Å². The predicted molar refractivity (Wildman–Crippen MR) is 105 cm³/mol. The number of aromatic carboxylic acids is 1. The van der Waals surface area contributed by atoms with E-state index in [0.29, 0.717) is 27.3 Å². The number of hydrogen-bond donors (Lipinski definition) is 1. The van der Waals surface area contributed by atoms with Gasteiger partial charge in [-0.05, 0) is 43.2 Å². The quantitative estimate of drug-likeness (QED) is 0.654. The van der Waals surface area contributed by atoms with E-state index in [9.17, 15) is 23.9 Å². The number of carboxylic acids is 1. The topological polar surface area (TPSA) is 89.3 Å². The standard InChI is InChI=1S/C20H19FN2O4S/c1-9(2)17-22-18-15(11(4)16(28-18)20(26)27)19(25)23(17)8-14(24)12-5-6-13(21)10(3)7-12/h5-7,9H,8H2,1-4H3,(H,26,27). The molecule has 0 radical (unpaired) electrons. The number of carboxylic acid groups (broad SMARTS) is 1. The zero-order valence-electron chi connectivity index (χ0n) is 15.9. The highest BCUT2D eigenvalue weighted by Gasteiger charge is 2.23. The summed E-state index contributed by atoms with van der Waals surface area (Å²) >= 11 is 0.955. The fraction of sp³-hybridized carbons (Fsp3) is 0.300. The van der Waals surface area contributed by atoms with Gasteiger partial charge in [0.05, 0.1) is 11.9 Å². The molecular weight excluding hydrogens is 383 g/mol. The molecule has 3 rings (SSSR count). The largest absolute Gasteiger partial charge is 0.477 e. The van der Waals surface area contributed by atoms with Crippen molar-refractivity contribution in [3.63, 3.8) is 0 Å². The van der Waals surface area contributed by atoms with Crippen LogP contribution in [-0.2, 0) is 6.54 Å². The van der Waals surface area contributed by atoms with Gasteiger partial charge in [-0.25, -0.2) is 14.2 Å². The van der Waals surface area contributed by atoms with Gasteiger partial charge in [0.25, 0.3) is 5.56 Å². The molecule has 0 saturated carbocycles. The van der Waals surface area contributed by atoms with E-state index in [-0.39, 0.29) is 28.5 Å².